The minimum Gasteiger partial charge on any atom is -0.301 e. The van der Waals surface area contributed by atoms with Crippen molar-refractivity contribution in [2.45, 2.75) is 38.6 Å². The lowest BCUT2D eigenvalue weighted by atomic mass is 10.2. The highest BCUT2D eigenvalue weighted by Crippen LogP contribution is 2.19. The molecular weight excluding hydrogens is 412 g/mol. The van der Waals surface area contributed by atoms with E-state index < -0.39 is 0 Å². The van der Waals surface area contributed by atoms with Crippen molar-refractivity contribution < 1.29 is 4.79 Å². The van der Waals surface area contributed by atoms with Crippen LogP contribution in [-0.2, 0) is 17.8 Å². The van der Waals surface area contributed by atoms with Gasteiger partial charge in [-0.2, -0.15) is 0 Å². The molecule has 8 nitrogen and oxygen atoms in total. The summed E-state index contributed by atoms with van der Waals surface area (Å²) in [6.07, 6.45) is 3.37. The van der Waals surface area contributed by atoms with Crippen molar-refractivity contribution in [3.8, 4) is 0 Å². The van der Waals surface area contributed by atoms with Crippen LogP contribution in [0, 0.1) is 0 Å². The summed E-state index contributed by atoms with van der Waals surface area (Å²) in [5.74, 6) is -0.0786. The highest BCUT2D eigenvalue weighted by Gasteiger charge is 2.09. The number of aromatic nitrogens is 5. The van der Waals surface area contributed by atoms with E-state index >= 15 is 0 Å². The van der Waals surface area contributed by atoms with Gasteiger partial charge in [0.05, 0.1) is 5.39 Å². The van der Waals surface area contributed by atoms with E-state index in [2.05, 4.69) is 25.8 Å². The molecule has 2 aromatic carbocycles. The Morgan fingerprint density at radius 2 is 1.74 bits per heavy atom. The lowest BCUT2D eigenvalue weighted by Crippen LogP contribution is -2.24. The quantitative estimate of drug-likeness (QED) is 0.405. The van der Waals surface area contributed by atoms with Gasteiger partial charge in [0.1, 0.15) is 10.5 Å². The van der Waals surface area contributed by atoms with Crippen molar-refractivity contribution in [3.05, 3.63) is 75.5 Å². The predicted octanol–water partition coefficient (Wildman–Crippen LogP) is 3.43. The molecule has 9 heteroatoms. The van der Waals surface area contributed by atoms with Gasteiger partial charge in [-0.15, -0.1) is 15.3 Å². The van der Waals surface area contributed by atoms with E-state index in [1.165, 1.54) is 16.0 Å². The van der Waals surface area contributed by atoms with Gasteiger partial charge in [0.15, 0.2) is 0 Å². The molecular formula is C22H22N6O2S. The van der Waals surface area contributed by atoms with Crippen LogP contribution >= 0.6 is 11.3 Å². The number of carbonyl (C=O) groups is 1. The second-order valence-electron chi connectivity index (χ2n) is 7.16. The van der Waals surface area contributed by atoms with E-state index in [0.717, 1.165) is 29.8 Å². The summed E-state index contributed by atoms with van der Waals surface area (Å²) in [5.41, 5.74) is 1.63. The summed E-state index contributed by atoms with van der Waals surface area (Å²) < 4.78 is 1.39. The second kappa shape index (κ2) is 10.0. The van der Waals surface area contributed by atoms with E-state index in [4.69, 9.17) is 0 Å². The normalized spacial score (nSPS) is 11.0. The van der Waals surface area contributed by atoms with Crippen LogP contribution < -0.4 is 10.9 Å². The Morgan fingerprint density at radius 1 is 0.935 bits per heavy atom. The molecule has 158 valence electrons. The number of rotatable bonds is 9. The zero-order valence-electron chi connectivity index (χ0n) is 16.9. The molecule has 0 unspecified atom stereocenters. The molecule has 1 amide bonds. The monoisotopic (exact) mass is 434 g/mol. The lowest BCUT2D eigenvalue weighted by molar-refractivity contribution is -0.116. The fourth-order valence-electron chi connectivity index (χ4n) is 3.22. The van der Waals surface area contributed by atoms with Crippen LogP contribution in [-0.4, -0.2) is 31.1 Å². The summed E-state index contributed by atoms with van der Waals surface area (Å²) in [6.45, 7) is 0.484. The largest absolute Gasteiger partial charge is 0.301 e. The fraction of sp³-hybridized carbons (Fsp3) is 0.273. The Kier molecular flexibility index (Phi) is 6.73. The van der Waals surface area contributed by atoms with Crippen molar-refractivity contribution in [1.29, 1.82) is 0 Å². The number of anilines is 1. The molecule has 0 saturated heterocycles. The number of nitrogens with one attached hydrogen (secondary N) is 1. The number of unbranched alkanes of at least 4 members (excludes halogenated alkanes) is 2. The Bertz CT molecular complexity index is 1220. The summed E-state index contributed by atoms with van der Waals surface area (Å²) in [5, 5.41) is 21.0. The first-order chi connectivity index (χ1) is 15.2. The number of aryl methyl sites for hydroxylation is 1. The first-order valence-electron chi connectivity index (χ1n) is 10.2. The number of amides is 1. The fourth-order valence-corrected chi connectivity index (χ4v) is 4.01. The van der Waals surface area contributed by atoms with Crippen molar-refractivity contribution in [3.63, 3.8) is 0 Å². The Morgan fingerprint density at radius 3 is 2.61 bits per heavy atom. The Hall–Kier alpha value is -3.46. The average Bonchev–Trinajstić information content (AvgIpc) is 3.22. The standard InChI is InChI=1S/C22H22N6O2S/c29-19(23-22-26-25-20(31-22)15-16-9-3-1-4-10-16)13-5-2-8-14-28-21(30)17-11-6-7-12-18(17)24-27-28/h1,3-4,6-7,9-12H,2,5,8,13-15H2,(H,23,26,29). The van der Waals surface area contributed by atoms with Gasteiger partial charge >= 0.3 is 0 Å². The number of nitrogens with zero attached hydrogens (tertiary/aromatic N) is 5. The molecule has 2 heterocycles. The second-order valence-corrected chi connectivity index (χ2v) is 8.22. The number of hydrogen-bond donors (Lipinski definition) is 1. The number of benzene rings is 2. The smallest absolute Gasteiger partial charge is 0.277 e. The van der Waals surface area contributed by atoms with Gasteiger partial charge in [-0.3, -0.25) is 9.59 Å². The van der Waals surface area contributed by atoms with Crippen LogP contribution in [0.2, 0.25) is 0 Å². The van der Waals surface area contributed by atoms with E-state index in [9.17, 15) is 9.59 Å². The summed E-state index contributed by atoms with van der Waals surface area (Å²) in [6, 6.07) is 17.2. The van der Waals surface area contributed by atoms with Crippen LogP contribution in [0.4, 0.5) is 5.13 Å². The molecule has 0 aliphatic rings. The Balaban J connectivity index is 1.19. The predicted molar refractivity (Wildman–Crippen MR) is 120 cm³/mol. The maximum absolute atomic E-state index is 12.4. The highest BCUT2D eigenvalue weighted by atomic mass is 32.1. The summed E-state index contributed by atoms with van der Waals surface area (Å²) in [4.78, 5) is 24.6. The maximum atomic E-state index is 12.4. The van der Waals surface area contributed by atoms with E-state index in [1.54, 1.807) is 12.1 Å². The van der Waals surface area contributed by atoms with Gasteiger partial charge in [0.2, 0.25) is 11.0 Å². The third-order valence-corrected chi connectivity index (χ3v) is 5.65. The van der Waals surface area contributed by atoms with Crippen molar-refractivity contribution in [1.82, 2.24) is 25.2 Å². The van der Waals surface area contributed by atoms with Crippen LogP contribution in [0.15, 0.2) is 59.4 Å². The van der Waals surface area contributed by atoms with Crippen LogP contribution in [0.1, 0.15) is 36.3 Å². The number of hydrogen-bond acceptors (Lipinski definition) is 7. The van der Waals surface area contributed by atoms with Crippen LogP contribution in [0.25, 0.3) is 10.9 Å². The first kappa shape index (κ1) is 20.8. The van der Waals surface area contributed by atoms with Crippen LogP contribution in [0.3, 0.4) is 0 Å². The molecule has 0 aliphatic heterocycles. The minimum absolute atomic E-state index is 0.0786. The van der Waals surface area contributed by atoms with Crippen LogP contribution in [0.5, 0.6) is 0 Å². The zero-order chi connectivity index (χ0) is 21.5. The van der Waals surface area contributed by atoms with Gasteiger partial charge in [-0.1, -0.05) is 65.4 Å². The third kappa shape index (κ3) is 5.58. The average molecular weight is 435 g/mol. The third-order valence-electron chi connectivity index (χ3n) is 4.81. The SMILES string of the molecule is O=C(CCCCCn1nnc2ccccc2c1=O)Nc1nnc(Cc2ccccc2)s1. The molecule has 0 radical (unpaired) electrons. The van der Waals surface area contributed by atoms with Gasteiger partial charge < -0.3 is 5.32 Å². The first-order valence-corrected chi connectivity index (χ1v) is 11.0. The highest BCUT2D eigenvalue weighted by molar-refractivity contribution is 7.15. The molecule has 1 N–H and O–H groups in total. The van der Waals surface area contributed by atoms with Gasteiger partial charge in [0, 0.05) is 19.4 Å². The molecule has 4 aromatic rings. The molecule has 0 bridgehead atoms. The zero-order valence-corrected chi connectivity index (χ0v) is 17.7. The van der Waals surface area contributed by atoms with Crippen molar-refractivity contribution in [2.24, 2.45) is 0 Å². The van der Waals surface area contributed by atoms with E-state index in [1.807, 2.05) is 42.5 Å². The molecule has 0 fully saturated rings. The van der Waals surface area contributed by atoms with Crippen molar-refractivity contribution in [2.75, 3.05) is 5.32 Å². The van der Waals surface area contributed by atoms with Crippen molar-refractivity contribution >= 4 is 33.3 Å². The topological polar surface area (TPSA) is 103 Å². The Labute approximate surface area is 183 Å². The molecule has 4 rings (SSSR count). The summed E-state index contributed by atoms with van der Waals surface area (Å²) in [7, 11) is 0. The molecule has 31 heavy (non-hydrogen) atoms. The minimum atomic E-state index is -0.133. The van der Waals surface area contributed by atoms with Gasteiger partial charge in [-0.25, -0.2) is 4.68 Å². The summed E-state index contributed by atoms with van der Waals surface area (Å²) >= 11 is 1.39. The molecule has 0 spiro atoms. The van der Waals surface area contributed by atoms with E-state index in [0.29, 0.717) is 35.4 Å². The van der Waals surface area contributed by atoms with Gasteiger partial charge in [0.25, 0.3) is 5.56 Å². The number of carbonyl (C=O) groups excluding carboxylic acids is 1. The van der Waals surface area contributed by atoms with Gasteiger partial charge in [-0.05, 0) is 30.5 Å². The molecule has 0 aliphatic carbocycles. The number of fused-ring (bicyclic) bond motifs is 1. The molecule has 2 aromatic heterocycles. The molecule has 0 saturated carbocycles. The lowest BCUT2D eigenvalue weighted by Gasteiger charge is -2.05. The maximum Gasteiger partial charge on any atom is 0.277 e. The molecule has 0 atom stereocenters. The van der Waals surface area contributed by atoms with E-state index in [-0.39, 0.29) is 11.5 Å².